The number of carbonyl (C=O) groups excluding carboxylic acids is 3. The lowest BCUT2D eigenvalue weighted by Gasteiger charge is -2.08. The fourth-order valence-corrected chi connectivity index (χ4v) is 1.61. The molecule has 0 spiro atoms. The molecule has 0 saturated heterocycles. The van der Waals surface area contributed by atoms with E-state index in [1.807, 2.05) is 0 Å². The largest absolute Gasteiger partial charge is 0.377 e. The van der Waals surface area contributed by atoms with Crippen LogP contribution in [0.2, 0.25) is 0 Å². The van der Waals surface area contributed by atoms with Gasteiger partial charge in [-0.05, 0) is 0 Å². The van der Waals surface area contributed by atoms with E-state index in [1.54, 1.807) is 6.92 Å². The molecule has 0 rings (SSSR count). The van der Waals surface area contributed by atoms with Crippen LogP contribution in [-0.4, -0.2) is 90.7 Å². The first-order valence-electron chi connectivity index (χ1n) is 8.72. The van der Waals surface area contributed by atoms with E-state index in [9.17, 15) is 14.4 Å². The maximum Gasteiger partial charge on any atom is 0.239 e. The molecule has 0 aliphatic heterocycles. The molecule has 0 bridgehead atoms. The molecule has 0 radical (unpaired) electrons. The normalized spacial score (nSPS) is 10.3. The van der Waals surface area contributed by atoms with Crippen LogP contribution in [0, 0.1) is 0 Å². The van der Waals surface area contributed by atoms with Gasteiger partial charge in [-0.25, -0.2) is 0 Å². The molecule has 0 aromatic rings. The van der Waals surface area contributed by atoms with Gasteiger partial charge < -0.3 is 34.9 Å². The van der Waals surface area contributed by atoms with Gasteiger partial charge in [0.05, 0.1) is 59.4 Å². The third kappa shape index (κ3) is 18.6. The minimum Gasteiger partial charge on any atom is -0.377 e. The van der Waals surface area contributed by atoms with Crippen LogP contribution in [0.4, 0.5) is 0 Å². The molecule has 0 aliphatic rings. The van der Waals surface area contributed by atoms with Crippen LogP contribution in [0.3, 0.4) is 0 Å². The highest BCUT2D eigenvalue weighted by atomic mass is 16.6. The van der Waals surface area contributed by atoms with Gasteiger partial charge in [0.15, 0.2) is 0 Å². The van der Waals surface area contributed by atoms with Gasteiger partial charge in [0.1, 0.15) is 0 Å². The molecule has 0 heterocycles. The van der Waals surface area contributed by atoms with Gasteiger partial charge in [0, 0.05) is 19.5 Å². The van der Waals surface area contributed by atoms with E-state index in [0.29, 0.717) is 78.8 Å². The highest BCUT2D eigenvalue weighted by Crippen LogP contribution is 1.83. The number of carbonyl (C=O) groups is 3. The smallest absolute Gasteiger partial charge is 0.239 e. The summed E-state index contributed by atoms with van der Waals surface area (Å²) in [5.41, 5.74) is 0. The van der Waals surface area contributed by atoms with Crippen molar-refractivity contribution in [2.75, 3.05) is 72.5 Å². The van der Waals surface area contributed by atoms with E-state index in [4.69, 9.17) is 18.9 Å². The molecule has 0 saturated carbocycles. The Bertz CT molecular complexity index is 370. The summed E-state index contributed by atoms with van der Waals surface area (Å²) in [6.07, 6.45) is 0.949. The lowest BCUT2D eigenvalue weighted by Crippen LogP contribution is -2.35. The molecule has 10 nitrogen and oxygen atoms in total. The standard InChI is InChI=1S/C16H31N3O7/c1-2-15(21)18-3-5-23-7-9-25-11-12-26-10-8-24-6-4-19-16(22)13-17-14-20/h14H,2-13H2,1H3,(H,17,20)(H,18,21)(H,19,22). The van der Waals surface area contributed by atoms with Gasteiger partial charge in [-0.1, -0.05) is 6.92 Å². The molecule has 3 N–H and O–H groups in total. The second kappa shape index (κ2) is 19.6. The van der Waals surface area contributed by atoms with Crippen molar-refractivity contribution in [1.82, 2.24) is 16.0 Å². The molecule has 0 atom stereocenters. The highest BCUT2D eigenvalue weighted by Gasteiger charge is 1.98. The Morgan fingerprint density at radius 2 is 1.15 bits per heavy atom. The van der Waals surface area contributed by atoms with Crippen LogP contribution in [0.5, 0.6) is 0 Å². The summed E-state index contributed by atoms with van der Waals surface area (Å²) in [5.74, 6) is -0.244. The molecule has 0 fully saturated rings. The van der Waals surface area contributed by atoms with E-state index >= 15 is 0 Å². The lowest BCUT2D eigenvalue weighted by molar-refractivity contribution is -0.122. The van der Waals surface area contributed by atoms with E-state index < -0.39 is 0 Å². The SMILES string of the molecule is CCC(=O)NCCOCCOCCOCCOCCNC(=O)CNC=O. The molecule has 10 heteroatoms. The van der Waals surface area contributed by atoms with Crippen molar-refractivity contribution in [2.24, 2.45) is 0 Å². The average molecular weight is 377 g/mol. The summed E-state index contributed by atoms with van der Waals surface area (Å²) in [6.45, 7) is 6.24. The van der Waals surface area contributed by atoms with Crippen molar-refractivity contribution in [3.05, 3.63) is 0 Å². The van der Waals surface area contributed by atoms with Gasteiger partial charge in [0.25, 0.3) is 0 Å². The summed E-state index contributed by atoms with van der Waals surface area (Å²) in [7, 11) is 0. The second-order valence-electron chi connectivity index (χ2n) is 5.00. The molecule has 0 aromatic heterocycles. The monoisotopic (exact) mass is 377 g/mol. The Kier molecular flexibility index (Phi) is 18.3. The molecule has 0 unspecified atom stereocenters. The van der Waals surface area contributed by atoms with Gasteiger partial charge in [0.2, 0.25) is 18.2 Å². The van der Waals surface area contributed by atoms with Crippen molar-refractivity contribution in [2.45, 2.75) is 13.3 Å². The first kappa shape index (κ1) is 24.2. The first-order valence-corrected chi connectivity index (χ1v) is 8.72. The number of rotatable bonds is 19. The molecule has 0 aliphatic carbocycles. The predicted molar refractivity (Wildman–Crippen MR) is 93.7 cm³/mol. The summed E-state index contributed by atoms with van der Waals surface area (Å²) in [4.78, 5) is 32.1. The molecule has 152 valence electrons. The topological polar surface area (TPSA) is 124 Å². The van der Waals surface area contributed by atoms with E-state index in [0.717, 1.165) is 0 Å². The zero-order valence-electron chi connectivity index (χ0n) is 15.4. The summed E-state index contributed by atoms with van der Waals surface area (Å²) < 4.78 is 21.2. The molecule has 26 heavy (non-hydrogen) atoms. The predicted octanol–water partition coefficient (Wildman–Crippen LogP) is -1.56. The maximum atomic E-state index is 11.1. The molecular weight excluding hydrogens is 346 g/mol. The lowest BCUT2D eigenvalue weighted by atomic mass is 10.4. The minimum absolute atomic E-state index is 0.0163. The Labute approximate surface area is 154 Å². The highest BCUT2D eigenvalue weighted by molar-refractivity contribution is 5.79. The number of nitrogens with one attached hydrogen (secondary N) is 3. The third-order valence-electron chi connectivity index (χ3n) is 2.92. The summed E-state index contributed by atoms with van der Waals surface area (Å²) >= 11 is 0. The van der Waals surface area contributed by atoms with Crippen LogP contribution in [0.1, 0.15) is 13.3 Å². The van der Waals surface area contributed by atoms with Crippen LogP contribution < -0.4 is 16.0 Å². The Morgan fingerprint density at radius 1 is 0.731 bits per heavy atom. The van der Waals surface area contributed by atoms with Crippen molar-refractivity contribution < 1.29 is 33.3 Å². The number of ether oxygens (including phenoxy) is 4. The minimum atomic E-state index is -0.260. The average Bonchev–Trinajstić information content (AvgIpc) is 2.65. The number of amides is 3. The van der Waals surface area contributed by atoms with Crippen molar-refractivity contribution in [3.63, 3.8) is 0 Å². The van der Waals surface area contributed by atoms with E-state index in [2.05, 4.69) is 16.0 Å². The second-order valence-corrected chi connectivity index (χ2v) is 5.00. The number of hydrogen-bond acceptors (Lipinski definition) is 7. The van der Waals surface area contributed by atoms with Crippen LogP contribution in [-0.2, 0) is 33.3 Å². The third-order valence-corrected chi connectivity index (χ3v) is 2.92. The van der Waals surface area contributed by atoms with E-state index in [1.165, 1.54) is 0 Å². The fraction of sp³-hybridized carbons (Fsp3) is 0.812. The quantitative estimate of drug-likeness (QED) is 0.184. The van der Waals surface area contributed by atoms with Crippen LogP contribution in [0.15, 0.2) is 0 Å². The summed E-state index contributed by atoms with van der Waals surface area (Å²) in [5, 5.41) is 7.58. The Hall–Kier alpha value is -1.75. The van der Waals surface area contributed by atoms with Gasteiger partial charge in [-0.3, -0.25) is 14.4 Å². The zero-order valence-corrected chi connectivity index (χ0v) is 15.4. The molecular formula is C16H31N3O7. The van der Waals surface area contributed by atoms with Gasteiger partial charge in [-0.2, -0.15) is 0 Å². The van der Waals surface area contributed by atoms with Gasteiger partial charge in [-0.15, -0.1) is 0 Å². The van der Waals surface area contributed by atoms with Crippen LogP contribution in [0.25, 0.3) is 0 Å². The first-order chi connectivity index (χ1) is 12.7. The number of hydrogen-bond donors (Lipinski definition) is 3. The van der Waals surface area contributed by atoms with E-state index in [-0.39, 0.29) is 18.4 Å². The zero-order chi connectivity index (χ0) is 19.3. The van der Waals surface area contributed by atoms with Crippen molar-refractivity contribution >= 4 is 18.2 Å². The van der Waals surface area contributed by atoms with Crippen LogP contribution >= 0.6 is 0 Å². The van der Waals surface area contributed by atoms with Crippen molar-refractivity contribution in [1.29, 1.82) is 0 Å². The fourth-order valence-electron chi connectivity index (χ4n) is 1.61. The Balaban J connectivity index is 3.10. The summed E-state index contributed by atoms with van der Waals surface area (Å²) in [6, 6.07) is 0. The Morgan fingerprint density at radius 3 is 1.58 bits per heavy atom. The molecule has 3 amide bonds. The van der Waals surface area contributed by atoms with Crippen molar-refractivity contribution in [3.8, 4) is 0 Å². The van der Waals surface area contributed by atoms with Gasteiger partial charge >= 0.3 is 0 Å². The molecule has 0 aromatic carbocycles. The maximum absolute atomic E-state index is 11.1.